The van der Waals surface area contributed by atoms with Gasteiger partial charge in [0.25, 0.3) is 0 Å². The van der Waals surface area contributed by atoms with E-state index in [0.29, 0.717) is 0 Å². The Morgan fingerprint density at radius 1 is 0.350 bits per heavy atom. The standard InChI is InChI=1S/C38H23NO/c1-2-10-24(11-3-1)25-18-20-26(21-19-25)39-33-17-9-8-16-31(33)36-34(39)23-22-32-35-29-14-6-4-12-27(29)28-13-5-7-15-30(28)37(35)40-38(32)36/h1-23H. The average molecular weight is 510 g/mol. The molecule has 0 fully saturated rings. The van der Waals surface area contributed by atoms with Crippen LogP contribution in [0.25, 0.3) is 82.1 Å². The molecule has 2 heteroatoms. The van der Waals surface area contributed by atoms with Crippen molar-refractivity contribution in [2.45, 2.75) is 0 Å². The Morgan fingerprint density at radius 3 is 1.70 bits per heavy atom. The molecule has 0 amide bonds. The van der Waals surface area contributed by atoms with E-state index in [-0.39, 0.29) is 0 Å². The van der Waals surface area contributed by atoms with Gasteiger partial charge in [0.05, 0.1) is 16.4 Å². The van der Waals surface area contributed by atoms with Crippen LogP contribution in [0.4, 0.5) is 0 Å². The van der Waals surface area contributed by atoms with Gasteiger partial charge in [-0.3, -0.25) is 0 Å². The lowest BCUT2D eigenvalue weighted by Crippen LogP contribution is -1.93. The molecule has 0 aliphatic heterocycles. The summed E-state index contributed by atoms with van der Waals surface area (Å²) in [5.41, 5.74) is 7.80. The van der Waals surface area contributed by atoms with E-state index in [2.05, 4.69) is 144 Å². The lowest BCUT2D eigenvalue weighted by molar-refractivity contribution is 0.677. The van der Waals surface area contributed by atoms with Crippen LogP contribution in [0.1, 0.15) is 0 Å². The molecule has 7 aromatic carbocycles. The molecule has 0 unspecified atom stereocenters. The first-order valence-electron chi connectivity index (χ1n) is 13.7. The highest BCUT2D eigenvalue weighted by molar-refractivity contribution is 6.33. The van der Waals surface area contributed by atoms with Gasteiger partial charge in [0.1, 0.15) is 11.2 Å². The minimum atomic E-state index is 0.949. The predicted octanol–water partition coefficient (Wildman–Crippen LogP) is 10.7. The number of benzene rings is 7. The second kappa shape index (κ2) is 8.08. The number of para-hydroxylation sites is 1. The molecule has 2 aromatic heterocycles. The van der Waals surface area contributed by atoms with Crippen LogP contribution in [0.3, 0.4) is 0 Å². The fourth-order valence-corrected chi connectivity index (χ4v) is 6.63. The van der Waals surface area contributed by atoms with E-state index in [1.165, 1.54) is 43.6 Å². The van der Waals surface area contributed by atoms with Gasteiger partial charge in [0.15, 0.2) is 0 Å². The minimum absolute atomic E-state index is 0.949. The largest absolute Gasteiger partial charge is 0.455 e. The molecule has 9 rings (SSSR count). The molecule has 0 aliphatic carbocycles. The van der Waals surface area contributed by atoms with E-state index in [1.54, 1.807) is 0 Å². The van der Waals surface area contributed by atoms with Gasteiger partial charge in [-0.15, -0.1) is 0 Å². The summed E-state index contributed by atoms with van der Waals surface area (Å²) in [6.07, 6.45) is 0. The summed E-state index contributed by atoms with van der Waals surface area (Å²) in [7, 11) is 0. The van der Waals surface area contributed by atoms with Gasteiger partial charge in [0.2, 0.25) is 0 Å². The first-order valence-corrected chi connectivity index (χ1v) is 13.7. The summed E-state index contributed by atoms with van der Waals surface area (Å²) in [5.74, 6) is 0. The van der Waals surface area contributed by atoms with Crippen LogP contribution in [0, 0.1) is 0 Å². The molecule has 0 spiro atoms. The highest BCUT2D eigenvalue weighted by Gasteiger charge is 2.21. The van der Waals surface area contributed by atoms with Crippen molar-refractivity contribution < 1.29 is 4.42 Å². The smallest absolute Gasteiger partial charge is 0.145 e. The molecule has 0 N–H and O–H groups in total. The first-order chi connectivity index (χ1) is 19.9. The zero-order valence-electron chi connectivity index (χ0n) is 21.6. The van der Waals surface area contributed by atoms with Crippen LogP contribution < -0.4 is 0 Å². The van der Waals surface area contributed by atoms with Crippen LogP contribution in [0.2, 0.25) is 0 Å². The van der Waals surface area contributed by atoms with Gasteiger partial charge < -0.3 is 8.98 Å². The maximum atomic E-state index is 6.91. The summed E-state index contributed by atoms with van der Waals surface area (Å²) in [5, 5.41) is 9.57. The Labute approximate surface area is 230 Å². The Kier molecular flexibility index (Phi) is 4.36. The number of fused-ring (bicyclic) bond motifs is 12. The van der Waals surface area contributed by atoms with E-state index in [0.717, 1.165) is 38.5 Å². The number of rotatable bonds is 2. The summed E-state index contributed by atoms with van der Waals surface area (Å²) in [6.45, 7) is 0. The van der Waals surface area contributed by atoms with Crippen molar-refractivity contribution in [2.75, 3.05) is 0 Å². The van der Waals surface area contributed by atoms with Crippen molar-refractivity contribution in [1.82, 2.24) is 4.57 Å². The highest BCUT2D eigenvalue weighted by atomic mass is 16.3. The molecule has 0 saturated heterocycles. The minimum Gasteiger partial charge on any atom is -0.455 e. The third-order valence-corrected chi connectivity index (χ3v) is 8.38. The van der Waals surface area contributed by atoms with Crippen molar-refractivity contribution in [3.05, 3.63) is 140 Å². The quantitative estimate of drug-likeness (QED) is 0.212. The maximum Gasteiger partial charge on any atom is 0.145 e. The molecule has 40 heavy (non-hydrogen) atoms. The summed E-state index contributed by atoms with van der Waals surface area (Å²) in [6, 6.07) is 49.9. The van der Waals surface area contributed by atoms with Crippen molar-refractivity contribution >= 4 is 65.3 Å². The Hall–Kier alpha value is -5.34. The van der Waals surface area contributed by atoms with E-state index >= 15 is 0 Å². The number of hydrogen-bond acceptors (Lipinski definition) is 1. The molecule has 9 aromatic rings. The number of nitrogens with zero attached hydrogens (tertiary/aromatic N) is 1. The third kappa shape index (κ3) is 2.88. The fraction of sp³-hybridized carbons (Fsp3) is 0. The number of hydrogen-bond donors (Lipinski definition) is 0. The second-order valence-electron chi connectivity index (χ2n) is 10.5. The van der Waals surface area contributed by atoms with E-state index in [9.17, 15) is 0 Å². The van der Waals surface area contributed by atoms with Crippen LogP contribution in [0.5, 0.6) is 0 Å². The Balaban J connectivity index is 1.39. The Morgan fingerprint density at radius 2 is 0.925 bits per heavy atom. The van der Waals surface area contributed by atoms with Crippen LogP contribution in [-0.4, -0.2) is 4.57 Å². The molecule has 0 aliphatic rings. The topological polar surface area (TPSA) is 18.1 Å². The normalized spacial score (nSPS) is 12.0. The molecule has 2 heterocycles. The first kappa shape index (κ1) is 21.6. The molecular weight excluding hydrogens is 486 g/mol. The van der Waals surface area contributed by atoms with Crippen molar-refractivity contribution in [3.8, 4) is 16.8 Å². The van der Waals surface area contributed by atoms with Gasteiger partial charge in [0, 0.05) is 27.2 Å². The molecular formula is C38H23NO. The summed E-state index contributed by atoms with van der Waals surface area (Å²) >= 11 is 0. The molecule has 0 bridgehead atoms. The van der Waals surface area contributed by atoms with Crippen molar-refractivity contribution in [3.63, 3.8) is 0 Å². The highest BCUT2D eigenvalue weighted by Crippen LogP contribution is 2.45. The van der Waals surface area contributed by atoms with Gasteiger partial charge in [-0.25, -0.2) is 0 Å². The SMILES string of the molecule is c1ccc(-c2ccc(-n3c4ccccc4c4c5oc6c7ccccc7c7ccccc7c6c5ccc43)cc2)cc1. The molecule has 0 saturated carbocycles. The van der Waals surface area contributed by atoms with Crippen molar-refractivity contribution in [1.29, 1.82) is 0 Å². The predicted molar refractivity (Wildman–Crippen MR) is 169 cm³/mol. The molecule has 0 atom stereocenters. The van der Waals surface area contributed by atoms with E-state index < -0.39 is 0 Å². The fourth-order valence-electron chi connectivity index (χ4n) is 6.63. The summed E-state index contributed by atoms with van der Waals surface area (Å²) in [4.78, 5) is 0. The van der Waals surface area contributed by atoms with E-state index in [4.69, 9.17) is 4.42 Å². The summed E-state index contributed by atoms with van der Waals surface area (Å²) < 4.78 is 9.27. The van der Waals surface area contributed by atoms with Crippen LogP contribution in [-0.2, 0) is 0 Å². The molecule has 186 valence electrons. The monoisotopic (exact) mass is 509 g/mol. The Bertz CT molecular complexity index is 2410. The van der Waals surface area contributed by atoms with Crippen LogP contribution >= 0.6 is 0 Å². The zero-order valence-corrected chi connectivity index (χ0v) is 21.6. The van der Waals surface area contributed by atoms with E-state index in [1.807, 2.05) is 0 Å². The third-order valence-electron chi connectivity index (χ3n) is 8.38. The van der Waals surface area contributed by atoms with Crippen LogP contribution in [0.15, 0.2) is 144 Å². The average Bonchev–Trinajstić information content (AvgIpc) is 3.58. The lowest BCUT2D eigenvalue weighted by atomic mass is 9.96. The molecule has 2 nitrogen and oxygen atoms in total. The number of aromatic nitrogens is 1. The van der Waals surface area contributed by atoms with Gasteiger partial charge >= 0.3 is 0 Å². The number of furan rings is 1. The van der Waals surface area contributed by atoms with Gasteiger partial charge in [-0.05, 0) is 57.6 Å². The maximum absolute atomic E-state index is 6.91. The second-order valence-corrected chi connectivity index (χ2v) is 10.5. The van der Waals surface area contributed by atoms with Crippen molar-refractivity contribution in [2.24, 2.45) is 0 Å². The lowest BCUT2D eigenvalue weighted by Gasteiger charge is -2.09. The molecule has 0 radical (unpaired) electrons. The zero-order chi connectivity index (χ0) is 26.2. The van der Waals surface area contributed by atoms with Gasteiger partial charge in [-0.2, -0.15) is 0 Å². The van der Waals surface area contributed by atoms with Gasteiger partial charge in [-0.1, -0.05) is 109 Å².